The van der Waals surface area contributed by atoms with Crippen molar-refractivity contribution in [3.8, 4) is 0 Å². The summed E-state index contributed by atoms with van der Waals surface area (Å²) in [4.78, 5) is 1.16. The lowest BCUT2D eigenvalue weighted by molar-refractivity contribution is 0.175. The molecule has 0 aliphatic rings. The lowest BCUT2D eigenvalue weighted by Crippen LogP contribution is -2.30. The Labute approximate surface area is 115 Å². The van der Waals surface area contributed by atoms with Crippen LogP contribution in [0.25, 0.3) is 0 Å². The van der Waals surface area contributed by atoms with Gasteiger partial charge in [-0.15, -0.1) is 11.8 Å². The van der Waals surface area contributed by atoms with E-state index in [0.29, 0.717) is 18.9 Å². The van der Waals surface area contributed by atoms with Crippen LogP contribution in [0.2, 0.25) is 0 Å². The first kappa shape index (κ1) is 15.0. The molecule has 5 heteroatoms. The molecule has 0 saturated carbocycles. The number of nitrogens with one attached hydrogen (secondary N) is 1. The number of benzene rings is 1. The van der Waals surface area contributed by atoms with E-state index in [1.807, 2.05) is 18.2 Å². The van der Waals surface area contributed by atoms with Crippen LogP contribution in [0.15, 0.2) is 33.6 Å². The lowest BCUT2D eigenvalue weighted by Gasteiger charge is -2.11. The molecule has 0 aliphatic heterocycles. The van der Waals surface area contributed by atoms with Crippen molar-refractivity contribution in [1.82, 2.24) is 5.32 Å². The number of aliphatic hydroxyl groups excluding tert-OH is 1. The molecule has 1 rings (SSSR count). The molecule has 0 saturated heterocycles. The summed E-state index contributed by atoms with van der Waals surface area (Å²) in [6, 6.07) is 8.08. The molecule has 0 aliphatic carbocycles. The van der Waals surface area contributed by atoms with Crippen molar-refractivity contribution in [2.24, 2.45) is 0 Å². The minimum absolute atomic E-state index is 0.337. The van der Waals surface area contributed by atoms with E-state index in [2.05, 4.69) is 27.3 Å². The fraction of sp³-hybridized carbons (Fsp3) is 0.500. The normalized spacial score (nSPS) is 12.6. The van der Waals surface area contributed by atoms with Crippen LogP contribution >= 0.6 is 27.7 Å². The average Bonchev–Trinajstić information content (AvgIpc) is 2.32. The predicted octanol–water partition coefficient (Wildman–Crippen LogP) is 2.14. The van der Waals surface area contributed by atoms with E-state index >= 15 is 0 Å². The quantitative estimate of drug-likeness (QED) is 0.569. The summed E-state index contributed by atoms with van der Waals surface area (Å²) in [6.45, 7) is 2.05. The van der Waals surface area contributed by atoms with Crippen molar-refractivity contribution in [1.29, 1.82) is 0 Å². The zero-order valence-electron chi connectivity index (χ0n) is 9.86. The number of hydrogen-bond donors (Lipinski definition) is 2. The minimum Gasteiger partial charge on any atom is -0.391 e. The molecule has 0 spiro atoms. The molecule has 1 atom stereocenters. The van der Waals surface area contributed by atoms with Gasteiger partial charge >= 0.3 is 0 Å². The number of halogens is 1. The van der Waals surface area contributed by atoms with Crippen LogP contribution < -0.4 is 5.32 Å². The first-order valence-electron chi connectivity index (χ1n) is 5.48. The average molecular weight is 320 g/mol. The van der Waals surface area contributed by atoms with Crippen LogP contribution in [-0.2, 0) is 4.74 Å². The van der Waals surface area contributed by atoms with Crippen molar-refractivity contribution in [3.63, 3.8) is 0 Å². The number of aliphatic hydroxyl groups is 1. The molecule has 0 aromatic heterocycles. The second-order valence-corrected chi connectivity index (χ2v) is 5.63. The van der Waals surface area contributed by atoms with E-state index in [4.69, 9.17) is 4.74 Å². The largest absolute Gasteiger partial charge is 0.391 e. The molecule has 2 N–H and O–H groups in total. The van der Waals surface area contributed by atoms with Gasteiger partial charge in [-0.25, -0.2) is 0 Å². The SMILES string of the molecule is COCCNCC(O)CSc1cccc(Br)c1. The van der Waals surface area contributed by atoms with Gasteiger partial charge in [-0.05, 0) is 18.2 Å². The lowest BCUT2D eigenvalue weighted by atomic mass is 10.4. The van der Waals surface area contributed by atoms with Gasteiger partial charge in [0.1, 0.15) is 0 Å². The van der Waals surface area contributed by atoms with Gasteiger partial charge in [0.05, 0.1) is 12.7 Å². The Balaban J connectivity index is 2.17. The summed E-state index contributed by atoms with van der Waals surface area (Å²) in [6.07, 6.45) is -0.337. The van der Waals surface area contributed by atoms with Gasteiger partial charge in [-0.3, -0.25) is 0 Å². The van der Waals surface area contributed by atoms with Gasteiger partial charge in [-0.1, -0.05) is 22.0 Å². The first-order chi connectivity index (χ1) is 8.22. The molecule has 0 heterocycles. The molecule has 0 fully saturated rings. The monoisotopic (exact) mass is 319 g/mol. The maximum Gasteiger partial charge on any atom is 0.0758 e. The highest BCUT2D eigenvalue weighted by atomic mass is 79.9. The molecule has 1 aromatic rings. The van der Waals surface area contributed by atoms with E-state index in [1.54, 1.807) is 18.9 Å². The third-order valence-electron chi connectivity index (χ3n) is 2.10. The molecule has 1 aromatic carbocycles. The summed E-state index contributed by atoms with van der Waals surface area (Å²) in [7, 11) is 1.67. The summed E-state index contributed by atoms with van der Waals surface area (Å²) < 4.78 is 5.98. The number of methoxy groups -OCH3 is 1. The van der Waals surface area contributed by atoms with Gasteiger partial charge in [0.25, 0.3) is 0 Å². The van der Waals surface area contributed by atoms with Gasteiger partial charge in [0.2, 0.25) is 0 Å². The molecular formula is C12H18BrNO2S. The van der Waals surface area contributed by atoms with Crippen molar-refractivity contribution < 1.29 is 9.84 Å². The first-order valence-corrected chi connectivity index (χ1v) is 7.26. The number of ether oxygens (including phenoxy) is 1. The summed E-state index contributed by atoms with van der Waals surface area (Å²) in [5.74, 6) is 0.691. The highest BCUT2D eigenvalue weighted by Gasteiger charge is 2.04. The summed E-state index contributed by atoms with van der Waals surface area (Å²) in [5.41, 5.74) is 0. The maximum atomic E-state index is 9.74. The van der Waals surface area contributed by atoms with Gasteiger partial charge < -0.3 is 15.2 Å². The molecule has 0 radical (unpaired) electrons. The Morgan fingerprint density at radius 1 is 1.53 bits per heavy atom. The molecule has 3 nitrogen and oxygen atoms in total. The van der Waals surface area contributed by atoms with Crippen LogP contribution in [0.4, 0.5) is 0 Å². The zero-order chi connectivity index (χ0) is 12.5. The van der Waals surface area contributed by atoms with E-state index < -0.39 is 0 Å². The highest BCUT2D eigenvalue weighted by molar-refractivity contribution is 9.10. The third kappa shape index (κ3) is 7.06. The molecular weight excluding hydrogens is 302 g/mol. The van der Waals surface area contributed by atoms with E-state index in [1.165, 1.54) is 0 Å². The zero-order valence-corrected chi connectivity index (χ0v) is 12.3. The highest BCUT2D eigenvalue weighted by Crippen LogP contribution is 2.22. The Kier molecular flexibility index (Phi) is 7.88. The molecule has 0 bridgehead atoms. The number of hydrogen-bond acceptors (Lipinski definition) is 4. The summed E-state index contributed by atoms with van der Waals surface area (Å²) >= 11 is 5.08. The van der Waals surface area contributed by atoms with Crippen LogP contribution in [0.1, 0.15) is 0 Å². The van der Waals surface area contributed by atoms with Gasteiger partial charge in [0.15, 0.2) is 0 Å². The van der Waals surface area contributed by atoms with E-state index in [0.717, 1.165) is 15.9 Å². The second-order valence-electron chi connectivity index (χ2n) is 3.62. The molecule has 1 unspecified atom stereocenters. The van der Waals surface area contributed by atoms with Crippen LogP contribution in [-0.4, -0.2) is 43.8 Å². The predicted molar refractivity (Wildman–Crippen MR) is 75.6 cm³/mol. The van der Waals surface area contributed by atoms with E-state index in [-0.39, 0.29) is 6.10 Å². The van der Waals surface area contributed by atoms with E-state index in [9.17, 15) is 5.11 Å². The summed E-state index contributed by atoms with van der Waals surface area (Å²) in [5, 5.41) is 12.9. The maximum absolute atomic E-state index is 9.74. The second kappa shape index (κ2) is 8.94. The molecule has 0 amide bonds. The molecule has 17 heavy (non-hydrogen) atoms. The van der Waals surface area contributed by atoms with Crippen molar-refractivity contribution >= 4 is 27.7 Å². The standard InChI is InChI=1S/C12H18BrNO2S/c1-16-6-5-14-8-11(15)9-17-12-4-2-3-10(13)7-12/h2-4,7,11,14-15H,5-6,8-9H2,1H3. The van der Waals surface area contributed by atoms with Crippen LogP contribution in [0.5, 0.6) is 0 Å². The third-order valence-corrected chi connectivity index (χ3v) is 3.73. The topological polar surface area (TPSA) is 41.5 Å². The van der Waals surface area contributed by atoms with Crippen molar-refractivity contribution in [2.45, 2.75) is 11.0 Å². The Bertz CT molecular complexity index is 325. The van der Waals surface area contributed by atoms with Gasteiger partial charge in [0, 0.05) is 35.3 Å². The minimum atomic E-state index is -0.337. The van der Waals surface area contributed by atoms with Crippen molar-refractivity contribution in [2.75, 3.05) is 32.6 Å². The van der Waals surface area contributed by atoms with Crippen LogP contribution in [0, 0.1) is 0 Å². The Morgan fingerprint density at radius 2 is 2.35 bits per heavy atom. The fourth-order valence-electron chi connectivity index (χ4n) is 1.25. The van der Waals surface area contributed by atoms with Gasteiger partial charge in [-0.2, -0.15) is 0 Å². The smallest absolute Gasteiger partial charge is 0.0758 e. The Morgan fingerprint density at radius 3 is 3.06 bits per heavy atom. The van der Waals surface area contributed by atoms with Crippen LogP contribution in [0.3, 0.4) is 0 Å². The number of thioether (sulfide) groups is 1. The molecule has 96 valence electrons. The fourth-order valence-corrected chi connectivity index (χ4v) is 2.69. The Hall–Kier alpha value is -0.0700. The number of rotatable bonds is 8. The van der Waals surface area contributed by atoms with Crippen molar-refractivity contribution in [3.05, 3.63) is 28.7 Å².